The Morgan fingerprint density at radius 3 is 2.60 bits per heavy atom. The second kappa shape index (κ2) is 7.47. The van der Waals surface area contributed by atoms with Crippen molar-refractivity contribution in [1.29, 1.82) is 0 Å². The van der Waals surface area contributed by atoms with Gasteiger partial charge in [-0.2, -0.15) is 0 Å². The topological polar surface area (TPSA) is 26.3 Å². The van der Waals surface area contributed by atoms with Gasteiger partial charge in [0.15, 0.2) is 5.78 Å². The molecule has 0 saturated heterocycles. The van der Waals surface area contributed by atoms with Crippen molar-refractivity contribution >= 4 is 19.2 Å². The normalized spacial score (nSPS) is 19.2. The average Bonchev–Trinajstić information content (AvgIpc) is 2.82. The highest BCUT2D eigenvalue weighted by molar-refractivity contribution is 6.22. The van der Waals surface area contributed by atoms with Crippen LogP contribution in [0.15, 0.2) is 65.2 Å². The fourth-order valence-electron chi connectivity index (χ4n) is 4.93. The number of Topliss-reactive ketones (excluding diaryl/α,β-unsaturated/α-hetero) is 1. The molecule has 2 aromatic carbocycles. The van der Waals surface area contributed by atoms with Gasteiger partial charge in [0.25, 0.3) is 0 Å². The van der Waals surface area contributed by atoms with E-state index in [1.165, 1.54) is 22.3 Å². The van der Waals surface area contributed by atoms with Gasteiger partial charge in [-0.3, -0.25) is 4.79 Å². The van der Waals surface area contributed by atoms with Crippen LogP contribution in [0.25, 0.3) is 5.57 Å². The standard InChI is InChI=1S/C27H27BO2/c1-16-7-6-8-22-24-19-12-10-18(30-5)15-23(19)26(29)21(11-9-17(2)28)20(24)13-14-27(3,4)25(16)22/h6-12,15H,13-14H2,1-5H3/b17-9+,21-11-. The summed E-state index contributed by atoms with van der Waals surface area (Å²) in [6.07, 6.45) is 5.54. The Kier molecular flexibility index (Phi) is 5.09. The third-order valence-electron chi connectivity index (χ3n) is 6.34. The van der Waals surface area contributed by atoms with Crippen molar-refractivity contribution in [2.75, 3.05) is 7.11 Å². The number of hydrogen-bond donors (Lipinski definition) is 0. The molecular formula is C27H27BO2. The molecule has 0 aliphatic heterocycles. The lowest BCUT2D eigenvalue weighted by Gasteiger charge is -2.28. The van der Waals surface area contributed by atoms with E-state index >= 15 is 0 Å². The summed E-state index contributed by atoms with van der Waals surface area (Å²) in [6, 6.07) is 12.4. The van der Waals surface area contributed by atoms with Gasteiger partial charge in [-0.1, -0.05) is 51.1 Å². The van der Waals surface area contributed by atoms with Crippen LogP contribution in [0.3, 0.4) is 0 Å². The molecule has 150 valence electrons. The summed E-state index contributed by atoms with van der Waals surface area (Å²) in [5.41, 5.74) is 9.29. The zero-order valence-electron chi connectivity index (χ0n) is 18.4. The summed E-state index contributed by atoms with van der Waals surface area (Å²) < 4.78 is 5.42. The number of methoxy groups -OCH3 is 1. The van der Waals surface area contributed by atoms with Crippen molar-refractivity contribution < 1.29 is 9.53 Å². The summed E-state index contributed by atoms with van der Waals surface area (Å²) in [7, 11) is 7.53. The zero-order valence-corrected chi connectivity index (χ0v) is 18.4. The van der Waals surface area contributed by atoms with Crippen molar-refractivity contribution in [3.63, 3.8) is 0 Å². The molecule has 2 radical (unpaired) electrons. The maximum atomic E-state index is 13.6. The number of carbonyl (C=O) groups excluding carboxylic acids is 1. The van der Waals surface area contributed by atoms with Crippen LogP contribution >= 0.6 is 0 Å². The molecule has 2 aliphatic rings. The molecular weight excluding hydrogens is 367 g/mol. The Morgan fingerprint density at radius 1 is 1.13 bits per heavy atom. The third-order valence-corrected chi connectivity index (χ3v) is 6.34. The number of hydrogen-bond acceptors (Lipinski definition) is 2. The quantitative estimate of drug-likeness (QED) is 0.456. The number of benzene rings is 2. The second-order valence-electron chi connectivity index (χ2n) is 8.97. The summed E-state index contributed by atoms with van der Waals surface area (Å²) in [5.74, 6) is 0.725. The maximum absolute atomic E-state index is 13.6. The van der Waals surface area contributed by atoms with E-state index in [1.54, 1.807) is 7.11 Å². The van der Waals surface area contributed by atoms with E-state index in [2.05, 4.69) is 39.0 Å². The van der Waals surface area contributed by atoms with E-state index in [0.29, 0.717) is 16.8 Å². The highest BCUT2D eigenvalue weighted by atomic mass is 16.5. The van der Waals surface area contributed by atoms with Crippen LogP contribution < -0.4 is 4.74 Å². The minimum absolute atomic E-state index is 0.0123. The van der Waals surface area contributed by atoms with Gasteiger partial charge in [-0.15, -0.1) is 5.47 Å². The van der Waals surface area contributed by atoms with Crippen molar-refractivity contribution in [3.05, 3.63) is 93.0 Å². The number of carbonyl (C=O) groups is 1. The van der Waals surface area contributed by atoms with E-state index in [0.717, 1.165) is 29.6 Å². The van der Waals surface area contributed by atoms with Crippen LogP contribution in [0.4, 0.5) is 0 Å². The van der Waals surface area contributed by atoms with Crippen LogP contribution in [0.5, 0.6) is 5.75 Å². The van der Waals surface area contributed by atoms with Gasteiger partial charge in [-0.05, 0) is 76.8 Å². The highest BCUT2D eigenvalue weighted by Crippen LogP contribution is 2.49. The Labute approximate surface area is 180 Å². The van der Waals surface area contributed by atoms with E-state index in [1.807, 2.05) is 37.3 Å². The monoisotopic (exact) mass is 394 g/mol. The van der Waals surface area contributed by atoms with Crippen LogP contribution in [0.1, 0.15) is 66.2 Å². The van der Waals surface area contributed by atoms with Crippen LogP contribution in [-0.4, -0.2) is 20.7 Å². The fraction of sp³-hybridized carbons (Fsp3) is 0.296. The predicted molar refractivity (Wildman–Crippen MR) is 124 cm³/mol. The lowest BCUT2D eigenvalue weighted by Crippen LogP contribution is -2.19. The maximum Gasteiger partial charge on any atom is 0.194 e. The van der Waals surface area contributed by atoms with Gasteiger partial charge in [0.1, 0.15) is 13.6 Å². The minimum Gasteiger partial charge on any atom is -0.497 e. The Hall–Kier alpha value is -2.81. The van der Waals surface area contributed by atoms with Crippen LogP contribution in [0.2, 0.25) is 0 Å². The van der Waals surface area contributed by atoms with Gasteiger partial charge in [0.2, 0.25) is 0 Å². The lowest BCUT2D eigenvalue weighted by atomic mass is 9.75. The highest BCUT2D eigenvalue weighted by Gasteiger charge is 2.37. The molecule has 0 spiro atoms. The molecule has 0 saturated carbocycles. The molecule has 2 nitrogen and oxygen atoms in total. The first kappa shape index (κ1) is 20.5. The SMILES string of the molecule is [B]/C(C)=C/C=C1\C(=O)c2cc(OC)ccc2C2=C1CCC(C)(C)c1c(C)cccc12. The smallest absolute Gasteiger partial charge is 0.194 e. The molecule has 0 aromatic heterocycles. The number of allylic oxidation sites excluding steroid dienone is 5. The summed E-state index contributed by atoms with van der Waals surface area (Å²) >= 11 is 0. The van der Waals surface area contributed by atoms with E-state index in [4.69, 9.17) is 12.6 Å². The average molecular weight is 394 g/mol. The molecule has 2 aliphatic carbocycles. The molecule has 0 unspecified atom stereocenters. The van der Waals surface area contributed by atoms with Crippen molar-refractivity contribution in [1.82, 2.24) is 0 Å². The van der Waals surface area contributed by atoms with E-state index in [-0.39, 0.29) is 11.2 Å². The largest absolute Gasteiger partial charge is 0.497 e. The number of ether oxygens (including phenoxy) is 1. The fourth-order valence-corrected chi connectivity index (χ4v) is 4.93. The van der Waals surface area contributed by atoms with E-state index < -0.39 is 0 Å². The van der Waals surface area contributed by atoms with E-state index in [9.17, 15) is 4.79 Å². The Morgan fingerprint density at radius 2 is 1.90 bits per heavy atom. The van der Waals surface area contributed by atoms with Gasteiger partial charge in [0.05, 0.1) is 7.11 Å². The molecule has 0 fully saturated rings. The van der Waals surface area contributed by atoms with Gasteiger partial charge < -0.3 is 4.74 Å². The zero-order chi connectivity index (χ0) is 21.6. The molecule has 4 rings (SSSR count). The first-order chi connectivity index (χ1) is 14.2. The summed E-state index contributed by atoms with van der Waals surface area (Å²) in [5, 5.41) is 0. The molecule has 3 heteroatoms. The molecule has 0 heterocycles. The van der Waals surface area contributed by atoms with Gasteiger partial charge in [0, 0.05) is 11.1 Å². The number of aryl methyl sites for hydroxylation is 1. The van der Waals surface area contributed by atoms with Gasteiger partial charge in [-0.25, -0.2) is 0 Å². The molecule has 0 bridgehead atoms. The van der Waals surface area contributed by atoms with Gasteiger partial charge >= 0.3 is 0 Å². The first-order valence-corrected chi connectivity index (χ1v) is 10.5. The van der Waals surface area contributed by atoms with Crippen molar-refractivity contribution in [2.24, 2.45) is 0 Å². The molecule has 30 heavy (non-hydrogen) atoms. The first-order valence-electron chi connectivity index (χ1n) is 10.5. The number of rotatable bonds is 2. The second-order valence-corrected chi connectivity index (χ2v) is 8.97. The molecule has 2 aromatic rings. The van der Waals surface area contributed by atoms with Crippen LogP contribution in [0, 0.1) is 6.92 Å². The Bertz CT molecular complexity index is 1140. The van der Waals surface area contributed by atoms with Crippen molar-refractivity contribution in [3.8, 4) is 5.75 Å². The number of fused-ring (bicyclic) bond motifs is 4. The minimum atomic E-state index is 0.0123. The summed E-state index contributed by atoms with van der Waals surface area (Å²) in [6.45, 7) is 8.64. The Balaban J connectivity index is 2.11. The van der Waals surface area contributed by atoms with Crippen LogP contribution in [-0.2, 0) is 5.41 Å². The predicted octanol–water partition coefficient (Wildman–Crippen LogP) is 6.07. The molecule has 0 N–H and O–H groups in total. The van der Waals surface area contributed by atoms with Crippen molar-refractivity contribution in [2.45, 2.75) is 46.0 Å². The number of ketones is 1. The summed E-state index contributed by atoms with van der Waals surface area (Å²) in [4.78, 5) is 13.6. The third kappa shape index (κ3) is 3.27. The molecule has 0 atom stereocenters. The lowest BCUT2D eigenvalue weighted by molar-refractivity contribution is 0.103. The molecule has 0 amide bonds.